The molecule has 0 saturated heterocycles. The number of carboxylic acids is 1. The molecule has 0 bridgehead atoms. The van der Waals surface area contributed by atoms with Crippen molar-refractivity contribution >= 4 is 17.6 Å². The Kier molecular flexibility index (Phi) is 3.85. The lowest BCUT2D eigenvalue weighted by Gasteiger charge is -2.25. The van der Waals surface area contributed by atoms with E-state index in [1.807, 2.05) is 19.1 Å². The zero-order valence-corrected chi connectivity index (χ0v) is 10.9. The molecule has 0 radical (unpaired) electrons. The Morgan fingerprint density at radius 1 is 1.47 bits per heavy atom. The molecule has 0 saturated carbocycles. The summed E-state index contributed by atoms with van der Waals surface area (Å²) >= 11 is 0. The molecule has 5 heteroatoms. The van der Waals surface area contributed by atoms with E-state index in [9.17, 15) is 14.7 Å². The molecule has 19 heavy (non-hydrogen) atoms. The standard InChI is InChI=1S/C14H18N2O3/c1-2-5-10(15)13(17)16-11-7-4-3-6-9(11)8-12(16)14(18)19/h3-4,6-7,10,12H,2,5,8,15H2,1H3,(H,18,19)/t10-,12?/m0/s1. The molecule has 5 nitrogen and oxygen atoms in total. The third-order valence-corrected chi connectivity index (χ3v) is 3.42. The number of benzene rings is 1. The first-order valence-electron chi connectivity index (χ1n) is 6.45. The minimum absolute atomic E-state index is 0.306. The van der Waals surface area contributed by atoms with Crippen LogP contribution >= 0.6 is 0 Å². The minimum Gasteiger partial charge on any atom is -0.480 e. The van der Waals surface area contributed by atoms with Crippen LogP contribution in [0, 0.1) is 0 Å². The van der Waals surface area contributed by atoms with E-state index >= 15 is 0 Å². The van der Waals surface area contributed by atoms with Crippen molar-refractivity contribution in [2.75, 3.05) is 4.90 Å². The van der Waals surface area contributed by atoms with Gasteiger partial charge in [-0.1, -0.05) is 31.5 Å². The molecule has 0 aliphatic carbocycles. The highest BCUT2D eigenvalue weighted by atomic mass is 16.4. The van der Waals surface area contributed by atoms with Crippen molar-refractivity contribution in [1.29, 1.82) is 0 Å². The van der Waals surface area contributed by atoms with Gasteiger partial charge in [0.25, 0.3) is 0 Å². The predicted molar refractivity (Wildman–Crippen MR) is 71.9 cm³/mol. The molecule has 3 N–H and O–H groups in total. The molecule has 1 aromatic rings. The second-order valence-electron chi connectivity index (χ2n) is 4.79. The summed E-state index contributed by atoms with van der Waals surface area (Å²) in [6, 6.07) is 5.79. The molecule has 102 valence electrons. The van der Waals surface area contributed by atoms with Gasteiger partial charge in [-0.2, -0.15) is 0 Å². The van der Waals surface area contributed by atoms with Crippen LogP contribution in [0.5, 0.6) is 0 Å². The Labute approximate surface area is 112 Å². The van der Waals surface area contributed by atoms with Crippen molar-refractivity contribution in [3.05, 3.63) is 29.8 Å². The van der Waals surface area contributed by atoms with Gasteiger partial charge in [-0.25, -0.2) is 4.79 Å². The van der Waals surface area contributed by atoms with Crippen LogP contribution in [0.3, 0.4) is 0 Å². The van der Waals surface area contributed by atoms with Crippen LogP contribution in [-0.4, -0.2) is 29.1 Å². The summed E-state index contributed by atoms with van der Waals surface area (Å²) in [5.41, 5.74) is 7.40. The van der Waals surface area contributed by atoms with Crippen LogP contribution in [0.15, 0.2) is 24.3 Å². The highest BCUT2D eigenvalue weighted by molar-refractivity contribution is 6.04. The average Bonchev–Trinajstić information content (AvgIpc) is 2.77. The van der Waals surface area contributed by atoms with Crippen LogP contribution in [-0.2, 0) is 16.0 Å². The van der Waals surface area contributed by atoms with Crippen molar-refractivity contribution in [3.8, 4) is 0 Å². The lowest BCUT2D eigenvalue weighted by Crippen LogP contribution is -2.50. The maximum atomic E-state index is 12.4. The Balaban J connectivity index is 2.34. The topological polar surface area (TPSA) is 83.6 Å². The highest BCUT2D eigenvalue weighted by Crippen LogP contribution is 2.32. The Morgan fingerprint density at radius 3 is 2.79 bits per heavy atom. The van der Waals surface area contributed by atoms with Crippen molar-refractivity contribution < 1.29 is 14.7 Å². The molecule has 0 spiro atoms. The summed E-state index contributed by atoms with van der Waals surface area (Å²) in [5.74, 6) is -1.30. The number of carbonyl (C=O) groups is 2. The monoisotopic (exact) mass is 262 g/mol. The number of fused-ring (bicyclic) bond motifs is 1. The molecule has 1 unspecified atom stereocenters. The minimum atomic E-state index is -0.992. The number of hydrogen-bond donors (Lipinski definition) is 2. The fourth-order valence-corrected chi connectivity index (χ4v) is 2.47. The van der Waals surface area contributed by atoms with Crippen LogP contribution in [0.25, 0.3) is 0 Å². The average molecular weight is 262 g/mol. The second-order valence-corrected chi connectivity index (χ2v) is 4.79. The number of hydrogen-bond acceptors (Lipinski definition) is 3. The van der Waals surface area contributed by atoms with Crippen LogP contribution in [0.1, 0.15) is 25.3 Å². The van der Waals surface area contributed by atoms with E-state index in [-0.39, 0.29) is 5.91 Å². The van der Waals surface area contributed by atoms with Crippen molar-refractivity contribution in [1.82, 2.24) is 0 Å². The molecular weight excluding hydrogens is 244 g/mol. The van der Waals surface area contributed by atoms with Crippen LogP contribution in [0.2, 0.25) is 0 Å². The van der Waals surface area contributed by atoms with Gasteiger partial charge >= 0.3 is 5.97 Å². The van der Waals surface area contributed by atoms with E-state index in [1.54, 1.807) is 12.1 Å². The van der Waals surface area contributed by atoms with Crippen LogP contribution < -0.4 is 10.6 Å². The van der Waals surface area contributed by atoms with Gasteiger partial charge in [-0.3, -0.25) is 9.69 Å². The summed E-state index contributed by atoms with van der Waals surface area (Å²) < 4.78 is 0. The summed E-state index contributed by atoms with van der Waals surface area (Å²) in [6.07, 6.45) is 1.69. The quantitative estimate of drug-likeness (QED) is 0.852. The van der Waals surface area contributed by atoms with Crippen molar-refractivity contribution in [3.63, 3.8) is 0 Å². The van der Waals surface area contributed by atoms with E-state index < -0.39 is 18.1 Å². The largest absolute Gasteiger partial charge is 0.480 e. The van der Waals surface area contributed by atoms with Crippen LogP contribution in [0.4, 0.5) is 5.69 Å². The summed E-state index contributed by atoms with van der Waals surface area (Å²) in [5, 5.41) is 9.28. The number of nitrogens with zero attached hydrogens (tertiary/aromatic N) is 1. The molecule has 2 rings (SSSR count). The number of para-hydroxylation sites is 1. The first-order valence-corrected chi connectivity index (χ1v) is 6.45. The van der Waals surface area contributed by atoms with Gasteiger partial charge in [-0.05, 0) is 18.1 Å². The fraction of sp³-hybridized carbons (Fsp3) is 0.429. The van der Waals surface area contributed by atoms with Crippen molar-refractivity contribution in [2.45, 2.75) is 38.3 Å². The van der Waals surface area contributed by atoms with Gasteiger partial charge in [-0.15, -0.1) is 0 Å². The third-order valence-electron chi connectivity index (χ3n) is 3.42. The van der Waals surface area contributed by atoms with Gasteiger partial charge in [0.2, 0.25) is 5.91 Å². The summed E-state index contributed by atoms with van der Waals surface area (Å²) in [4.78, 5) is 25.0. The number of carboxylic acid groups (broad SMARTS) is 1. The second kappa shape index (κ2) is 5.40. The number of amides is 1. The highest BCUT2D eigenvalue weighted by Gasteiger charge is 2.39. The Morgan fingerprint density at radius 2 is 2.16 bits per heavy atom. The normalized spacial score (nSPS) is 19.1. The van der Waals surface area contributed by atoms with Crippen molar-refractivity contribution in [2.24, 2.45) is 5.73 Å². The number of carbonyl (C=O) groups excluding carboxylic acids is 1. The fourth-order valence-electron chi connectivity index (χ4n) is 2.47. The van der Waals surface area contributed by atoms with Gasteiger partial charge < -0.3 is 10.8 Å². The summed E-state index contributed by atoms with van der Waals surface area (Å²) in [6.45, 7) is 1.94. The van der Waals surface area contributed by atoms with E-state index in [4.69, 9.17) is 5.73 Å². The van der Waals surface area contributed by atoms with Gasteiger partial charge in [0, 0.05) is 12.1 Å². The zero-order chi connectivity index (χ0) is 14.0. The molecule has 1 aromatic carbocycles. The van der Waals surface area contributed by atoms with E-state index in [0.717, 1.165) is 12.0 Å². The number of aliphatic carboxylic acids is 1. The lowest BCUT2D eigenvalue weighted by molar-refractivity contribution is -0.140. The predicted octanol–water partition coefficient (Wildman–Crippen LogP) is 1.16. The first kappa shape index (κ1) is 13.5. The molecule has 1 aliphatic heterocycles. The van der Waals surface area contributed by atoms with Gasteiger partial charge in [0.15, 0.2) is 0 Å². The number of rotatable bonds is 4. The molecule has 0 fully saturated rings. The first-order chi connectivity index (χ1) is 9.06. The number of nitrogens with two attached hydrogens (primary N) is 1. The molecule has 0 aromatic heterocycles. The van der Waals surface area contributed by atoms with Gasteiger partial charge in [0.1, 0.15) is 6.04 Å². The molecule has 2 atom stereocenters. The molecule has 1 aliphatic rings. The SMILES string of the molecule is CCC[C@H](N)C(=O)N1c2ccccc2CC1C(=O)O. The summed E-state index contributed by atoms with van der Waals surface area (Å²) in [7, 11) is 0. The smallest absolute Gasteiger partial charge is 0.327 e. The lowest BCUT2D eigenvalue weighted by atomic mass is 10.1. The Hall–Kier alpha value is -1.88. The molecule has 1 heterocycles. The zero-order valence-electron chi connectivity index (χ0n) is 10.9. The van der Waals surface area contributed by atoms with E-state index in [1.165, 1.54) is 4.90 Å². The maximum absolute atomic E-state index is 12.4. The number of anilines is 1. The third kappa shape index (κ3) is 2.46. The van der Waals surface area contributed by atoms with E-state index in [0.29, 0.717) is 18.5 Å². The maximum Gasteiger partial charge on any atom is 0.327 e. The van der Waals surface area contributed by atoms with Gasteiger partial charge in [0.05, 0.1) is 6.04 Å². The Bertz CT molecular complexity index is 501. The molecule has 1 amide bonds. The molecular formula is C14H18N2O3. The van der Waals surface area contributed by atoms with E-state index in [2.05, 4.69) is 0 Å².